The van der Waals surface area contributed by atoms with Crippen LogP contribution in [0, 0.1) is 11.7 Å². The van der Waals surface area contributed by atoms with Gasteiger partial charge < -0.3 is 9.47 Å². The van der Waals surface area contributed by atoms with Crippen molar-refractivity contribution in [2.24, 2.45) is 5.10 Å². The van der Waals surface area contributed by atoms with E-state index >= 15 is 0 Å². The summed E-state index contributed by atoms with van der Waals surface area (Å²) in [5, 5.41) is 11.5. The number of rotatable bonds is 8. The normalized spacial score (nSPS) is 11.3. The van der Waals surface area contributed by atoms with E-state index in [-0.39, 0.29) is 6.61 Å². The molecule has 2 aromatic carbocycles. The van der Waals surface area contributed by atoms with Crippen LogP contribution in [0.5, 0.6) is 11.5 Å². The number of hydrogen-bond donors (Lipinski definition) is 1. The molecule has 0 aliphatic heterocycles. The molecule has 152 valence electrons. The predicted molar refractivity (Wildman–Crippen MR) is 118 cm³/mol. The summed E-state index contributed by atoms with van der Waals surface area (Å²) in [6.45, 7) is 9.20. The van der Waals surface area contributed by atoms with Crippen molar-refractivity contribution < 1.29 is 9.47 Å². The van der Waals surface area contributed by atoms with Gasteiger partial charge in [0.05, 0.1) is 12.8 Å². The third-order valence-electron chi connectivity index (χ3n) is 4.38. The van der Waals surface area contributed by atoms with Gasteiger partial charge in [-0.25, -0.2) is 5.10 Å². The minimum Gasteiger partial charge on any atom is -0.494 e. The molecule has 0 unspecified atom stereocenters. The molecular formula is C22H26N4O2S. The first-order chi connectivity index (χ1) is 14.0. The van der Waals surface area contributed by atoms with E-state index in [9.17, 15) is 0 Å². The second-order valence-corrected chi connectivity index (χ2v) is 7.37. The van der Waals surface area contributed by atoms with Crippen LogP contribution in [0.2, 0.25) is 0 Å². The Kier molecular flexibility index (Phi) is 6.82. The number of H-pyrrole nitrogens is 1. The quantitative estimate of drug-likeness (QED) is 0.408. The molecule has 29 heavy (non-hydrogen) atoms. The first kappa shape index (κ1) is 20.8. The average molecular weight is 411 g/mol. The Hall–Kier alpha value is -2.93. The van der Waals surface area contributed by atoms with E-state index in [4.69, 9.17) is 21.7 Å². The molecule has 0 amide bonds. The van der Waals surface area contributed by atoms with Crippen LogP contribution in [0.4, 0.5) is 0 Å². The van der Waals surface area contributed by atoms with Crippen molar-refractivity contribution in [3.63, 3.8) is 0 Å². The largest absolute Gasteiger partial charge is 0.494 e. The molecule has 0 radical (unpaired) electrons. The summed E-state index contributed by atoms with van der Waals surface area (Å²) in [7, 11) is 0. The number of aryl methyl sites for hydroxylation is 1. The Labute approximate surface area is 176 Å². The van der Waals surface area contributed by atoms with E-state index in [2.05, 4.69) is 41.3 Å². The number of aromatic amines is 1. The van der Waals surface area contributed by atoms with Crippen molar-refractivity contribution in [2.75, 3.05) is 6.61 Å². The zero-order valence-corrected chi connectivity index (χ0v) is 18.0. The fourth-order valence-electron chi connectivity index (χ4n) is 2.86. The van der Waals surface area contributed by atoms with E-state index in [0.717, 1.165) is 28.2 Å². The summed E-state index contributed by atoms with van der Waals surface area (Å²) in [6.07, 6.45) is 1.73. The Balaban J connectivity index is 1.76. The number of nitrogens with one attached hydrogen (secondary N) is 1. The lowest BCUT2D eigenvalue weighted by molar-refractivity contribution is 0.286. The Morgan fingerprint density at radius 2 is 1.93 bits per heavy atom. The van der Waals surface area contributed by atoms with Crippen LogP contribution in [0.15, 0.2) is 47.6 Å². The topological polar surface area (TPSA) is 64.4 Å². The monoisotopic (exact) mass is 410 g/mol. The summed E-state index contributed by atoms with van der Waals surface area (Å²) in [6, 6.07) is 14.0. The lowest BCUT2D eigenvalue weighted by atomic mass is 10.0. The number of aromatic nitrogens is 3. The molecular weight excluding hydrogens is 384 g/mol. The van der Waals surface area contributed by atoms with Crippen LogP contribution in [-0.4, -0.2) is 27.7 Å². The summed E-state index contributed by atoms with van der Waals surface area (Å²) < 4.78 is 13.5. The van der Waals surface area contributed by atoms with Crippen molar-refractivity contribution in [1.82, 2.24) is 14.9 Å². The Morgan fingerprint density at radius 3 is 2.62 bits per heavy atom. The first-order valence-corrected chi connectivity index (χ1v) is 10.1. The second-order valence-electron chi connectivity index (χ2n) is 6.99. The van der Waals surface area contributed by atoms with Crippen LogP contribution >= 0.6 is 12.2 Å². The molecule has 0 atom stereocenters. The van der Waals surface area contributed by atoms with E-state index in [0.29, 0.717) is 23.1 Å². The fourth-order valence-corrected chi connectivity index (χ4v) is 3.06. The third kappa shape index (κ3) is 5.32. The molecule has 1 aromatic heterocycles. The van der Waals surface area contributed by atoms with E-state index in [1.165, 1.54) is 0 Å². The van der Waals surface area contributed by atoms with Gasteiger partial charge in [-0.1, -0.05) is 26.0 Å². The van der Waals surface area contributed by atoms with Gasteiger partial charge in [-0.3, -0.25) is 0 Å². The third-order valence-corrected chi connectivity index (χ3v) is 4.64. The highest BCUT2D eigenvalue weighted by molar-refractivity contribution is 7.71. The highest BCUT2D eigenvalue weighted by Crippen LogP contribution is 2.28. The molecule has 0 bridgehead atoms. The zero-order valence-electron chi connectivity index (χ0n) is 17.2. The van der Waals surface area contributed by atoms with Gasteiger partial charge in [0.25, 0.3) is 0 Å². The molecule has 0 saturated carbocycles. The molecule has 1 heterocycles. The summed E-state index contributed by atoms with van der Waals surface area (Å²) in [5.74, 6) is 2.66. The number of hydrogen-bond acceptors (Lipinski definition) is 5. The highest BCUT2D eigenvalue weighted by atomic mass is 32.1. The maximum Gasteiger partial charge on any atom is 0.216 e. The molecule has 3 aromatic rings. The van der Waals surface area contributed by atoms with Crippen LogP contribution in [-0.2, 0) is 6.61 Å². The zero-order chi connectivity index (χ0) is 20.8. The van der Waals surface area contributed by atoms with Gasteiger partial charge in [0.2, 0.25) is 4.77 Å². The van der Waals surface area contributed by atoms with Crippen LogP contribution < -0.4 is 9.47 Å². The first-order valence-electron chi connectivity index (χ1n) is 9.64. The van der Waals surface area contributed by atoms with E-state index in [1.54, 1.807) is 10.9 Å². The summed E-state index contributed by atoms with van der Waals surface area (Å²) >= 11 is 5.32. The molecule has 3 rings (SSSR count). The van der Waals surface area contributed by atoms with Crippen molar-refractivity contribution in [2.45, 2.75) is 40.2 Å². The van der Waals surface area contributed by atoms with Crippen LogP contribution in [0.25, 0.3) is 0 Å². The van der Waals surface area contributed by atoms with Crippen molar-refractivity contribution in [3.8, 4) is 11.5 Å². The van der Waals surface area contributed by atoms with E-state index in [1.807, 2.05) is 44.2 Å². The molecule has 0 fully saturated rings. The van der Waals surface area contributed by atoms with Gasteiger partial charge in [-0.2, -0.15) is 14.9 Å². The fraction of sp³-hybridized carbons (Fsp3) is 0.318. The number of nitrogens with zero attached hydrogens (tertiary/aromatic N) is 3. The SMILES string of the molecule is CCOc1ccc(/C=N\n2c(COc3cc(C)ccc3C(C)C)n[nH]c2=S)cc1. The van der Waals surface area contributed by atoms with Crippen molar-refractivity contribution in [3.05, 3.63) is 69.8 Å². The minimum atomic E-state index is 0.261. The van der Waals surface area contributed by atoms with E-state index < -0.39 is 0 Å². The molecule has 0 saturated heterocycles. The number of benzene rings is 2. The lowest BCUT2D eigenvalue weighted by Crippen LogP contribution is -2.06. The van der Waals surface area contributed by atoms with Gasteiger partial charge >= 0.3 is 0 Å². The number of ether oxygens (including phenoxy) is 2. The smallest absolute Gasteiger partial charge is 0.216 e. The summed E-state index contributed by atoms with van der Waals surface area (Å²) in [4.78, 5) is 0. The maximum absolute atomic E-state index is 6.07. The van der Waals surface area contributed by atoms with Crippen molar-refractivity contribution >= 4 is 18.4 Å². The van der Waals surface area contributed by atoms with Gasteiger partial charge in [0, 0.05) is 0 Å². The Morgan fingerprint density at radius 1 is 1.17 bits per heavy atom. The van der Waals surface area contributed by atoms with Gasteiger partial charge in [0.1, 0.15) is 18.1 Å². The summed E-state index contributed by atoms with van der Waals surface area (Å²) in [5.41, 5.74) is 3.25. The second kappa shape index (κ2) is 9.52. The van der Waals surface area contributed by atoms with Crippen LogP contribution in [0.3, 0.4) is 0 Å². The van der Waals surface area contributed by atoms with Gasteiger partial charge in [-0.05, 0) is 79.0 Å². The van der Waals surface area contributed by atoms with Crippen LogP contribution in [0.1, 0.15) is 49.2 Å². The molecule has 1 N–H and O–H groups in total. The Bertz CT molecular complexity index is 1040. The highest BCUT2D eigenvalue weighted by Gasteiger charge is 2.11. The molecule has 0 spiro atoms. The predicted octanol–water partition coefficient (Wildman–Crippen LogP) is 5.23. The molecule has 6 nitrogen and oxygen atoms in total. The lowest BCUT2D eigenvalue weighted by Gasteiger charge is -2.14. The standard InChI is InChI=1S/C22H26N4O2S/c1-5-27-18-9-7-17(8-10-18)13-23-26-21(24-25-22(26)29)14-28-20-12-16(4)6-11-19(20)15(2)3/h6-13,15H,5,14H2,1-4H3,(H,25,29)/b23-13-. The average Bonchev–Trinajstić information content (AvgIpc) is 3.05. The van der Waals surface area contributed by atoms with Crippen molar-refractivity contribution in [1.29, 1.82) is 0 Å². The molecule has 0 aliphatic carbocycles. The van der Waals surface area contributed by atoms with Gasteiger partial charge in [-0.15, -0.1) is 0 Å². The van der Waals surface area contributed by atoms with Gasteiger partial charge in [0.15, 0.2) is 5.82 Å². The molecule has 0 aliphatic rings. The maximum atomic E-state index is 6.07. The molecule has 7 heteroatoms. The minimum absolute atomic E-state index is 0.261.